The van der Waals surface area contributed by atoms with E-state index in [0.29, 0.717) is 23.8 Å². The number of aliphatic imine (C=N–C) groups is 1. The van der Waals surface area contributed by atoms with Crippen LogP contribution in [-0.2, 0) is 6.54 Å². The quantitative estimate of drug-likeness (QED) is 0.314. The van der Waals surface area contributed by atoms with Crippen LogP contribution in [0.2, 0.25) is 0 Å². The second kappa shape index (κ2) is 11.3. The molecule has 0 atom stereocenters. The van der Waals surface area contributed by atoms with Crippen molar-refractivity contribution in [3.05, 3.63) is 100 Å². The first-order valence-corrected chi connectivity index (χ1v) is 13.5. The zero-order valence-electron chi connectivity index (χ0n) is 22.7. The minimum Gasteiger partial charge on any atom is -0.497 e. The normalized spacial score (nSPS) is 14.3. The summed E-state index contributed by atoms with van der Waals surface area (Å²) < 4.78 is 20.6. The van der Waals surface area contributed by atoms with Crippen LogP contribution in [0.15, 0.2) is 71.9 Å². The van der Waals surface area contributed by atoms with Crippen molar-refractivity contribution < 1.29 is 9.13 Å². The Morgan fingerprint density at radius 2 is 1.88 bits per heavy atom. The van der Waals surface area contributed by atoms with Crippen LogP contribution in [0.4, 0.5) is 16.0 Å². The zero-order chi connectivity index (χ0) is 27.5. The lowest BCUT2D eigenvalue weighted by atomic mass is 9.91. The third-order valence-electron chi connectivity index (χ3n) is 7.32. The maximum absolute atomic E-state index is 15.3. The van der Waals surface area contributed by atoms with E-state index in [4.69, 9.17) is 14.7 Å². The summed E-state index contributed by atoms with van der Waals surface area (Å²) >= 11 is 0. The maximum atomic E-state index is 15.3. The molecule has 0 aliphatic carbocycles. The number of hydrogen-bond acceptors (Lipinski definition) is 6. The third-order valence-corrected chi connectivity index (χ3v) is 7.32. The molecule has 1 fully saturated rings. The van der Waals surface area contributed by atoms with Gasteiger partial charge in [-0.1, -0.05) is 36.1 Å². The standard InChI is InChI=1S/C33H30FN5O/c1-22-8-5-12-29(34)30(22)32-28-18-23(9-7-17-39-15-3-4-16-39)13-14-27(28)31-24(20-35-32)21-36-33(38-31)37-25-10-6-11-26(19-25)40-2/h5-6,8,10-14,18-19,21H,3-4,15-17,20H2,1-2H3,(H,36,37,38). The Balaban J connectivity index is 1.43. The molecular formula is C33H30FN5O. The minimum atomic E-state index is -0.298. The van der Waals surface area contributed by atoms with E-state index in [1.165, 1.54) is 18.9 Å². The first kappa shape index (κ1) is 25.7. The van der Waals surface area contributed by atoms with Gasteiger partial charge in [-0.2, -0.15) is 0 Å². The van der Waals surface area contributed by atoms with E-state index in [-0.39, 0.29) is 5.82 Å². The van der Waals surface area contributed by atoms with Gasteiger partial charge in [-0.3, -0.25) is 9.89 Å². The van der Waals surface area contributed by atoms with Gasteiger partial charge in [-0.05, 0) is 68.8 Å². The van der Waals surface area contributed by atoms with Gasteiger partial charge in [0.25, 0.3) is 0 Å². The van der Waals surface area contributed by atoms with Crippen LogP contribution in [0.1, 0.15) is 40.7 Å². The van der Waals surface area contributed by atoms with Gasteiger partial charge < -0.3 is 10.1 Å². The largest absolute Gasteiger partial charge is 0.497 e. The lowest BCUT2D eigenvalue weighted by Crippen LogP contribution is -2.18. The van der Waals surface area contributed by atoms with Crippen LogP contribution < -0.4 is 10.1 Å². The number of ether oxygens (including phenoxy) is 1. The lowest BCUT2D eigenvalue weighted by molar-refractivity contribution is 0.383. The van der Waals surface area contributed by atoms with Crippen molar-refractivity contribution in [3.8, 4) is 28.8 Å². The van der Waals surface area contributed by atoms with Crippen LogP contribution in [0, 0.1) is 24.6 Å². The smallest absolute Gasteiger partial charge is 0.227 e. The summed E-state index contributed by atoms with van der Waals surface area (Å²) in [7, 11) is 1.63. The van der Waals surface area contributed by atoms with Crippen molar-refractivity contribution in [3.63, 3.8) is 0 Å². The topological polar surface area (TPSA) is 62.6 Å². The number of fused-ring (bicyclic) bond motifs is 3. The number of hydrogen-bond donors (Lipinski definition) is 1. The summed E-state index contributed by atoms with van der Waals surface area (Å²) in [5.74, 6) is 7.54. The molecule has 3 aromatic carbocycles. The summed E-state index contributed by atoms with van der Waals surface area (Å²) in [6.45, 7) is 5.20. The first-order chi connectivity index (χ1) is 19.6. The summed E-state index contributed by atoms with van der Waals surface area (Å²) in [5, 5.41) is 3.28. The lowest BCUT2D eigenvalue weighted by Gasteiger charge is -2.15. The molecule has 6 rings (SSSR count). The van der Waals surface area contributed by atoms with Crippen LogP contribution in [0.25, 0.3) is 11.3 Å². The Kier molecular flexibility index (Phi) is 7.26. The van der Waals surface area contributed by atoms with E-state index in [9.17, 15) is 0 Å². The number of aromatic nitrogens is 2. The van der Waals surface area contributed by atoms with E-state index in [0.717, 1.165) is 64.6 Å². The third kappa shape index (κ3) is 5.31. The van der Waals surface area contributed by atoms with Gasteiger partial charge in [0.1, 0.15) is 11.6 Å². The monoisotopic (exact) mass is 531 g/mol. The Hall–Kier alpha value is -4.54. The van der Waals surface area contributed by atoms with Gasteiger partial charge in [0.2, 0.25) is 5.95 Å². The van der Waals surface area contributed by atoms with E-state index in [1.807, 2.05) is 55.5 Å². The molecule has 0 spiro atoms. The summed E-state index contributed by atoms with van der Waals surface area (Å²) in [6.07, 6.45) is 4.26. The van der Waals surface area contributed by atoms with Crippen molar-refractivity contribution in [2.45, 2.75) is 26.3 Å². The van der Waals surface area contributed by atoms with Crippen LogP contribution >= 0.6 is 0 Å². The Labute approximate surface area is 234 Å². The van der Waals surface area contributed by atoms with Crippen LogP contribution in [0.3, 0.4) is 0 Å². The van der Waals surface area contributed by atoms with E-state index < -0.39 is 0 Å². The van der Waals surface area contributed by atoms with E-state index >= 15 is 4.39 Å². The second-order valence-corrected chi connectivity index (χ2v) is 10.1. The van der Waals surface area contributed by atoms with E-state index in [2.05, 4.69) is 27.0 Å². The highest BCUT2D eigenvalue weighted by atomic mass is 19.1. The van der Waals surface area contributed by atoms with Gasteiger partial charge >= 0.3 is 0 Å². The number of aryl methyl sites for hydroxylation is 1. The second-order valence-electron chi connectivity index (χ2n) is 10.1. The molecule has 2 aliphatic rings. The number of anilines is 2. The highest BCUT2D eigenvalue weighted by molar-refractivity contribution is 6.17. The van der Waals surface area contributed by atoms with E-state index in [1.54, 1.807) is 19.4 Å². The molecule has 40 heavy (non-hydrogen) atoms. The summed E-state index contributed by atoms with van der Waals surface area (Å²) in [5.41, 5.74) is 6.93. The fourth-order valence-electron chi connectivity index (χ4n) is 5.26. The molecule has 0 unspecified atom stereocenters. The number of likely N-dealkylation sites (tertiary alicyclic amines) is 1. The molecule has 0 radical (unpaired) electrons. The van der Waals surface area contributed by atoms with Crippen molar-refractivity contribution in [2.75, 3.05) is 32.1 Å². The Morgan fingerprint density at radius 1 is 1.02 bits per heavy atom. The minimum absolute atomic E-state index is 0.298. The van der Waals surface area contributed by atoms with Crippen LogP contribution in [0.5, 0.6) is 5.75 Å². The predicted molar refractivity (Wildman–Crippen MR) is 157 cm³/mol. The fraction of sp³-hybridized carbons (Fsp3) is 0.242. The average molecular weight is 532 g/mol. The molecule has 7 heteroatoms. The number of methoxy groups -OCH3 is 1. The van der Waals surface area contributed by atoms with Crippen molar-refractivity contribution in [1.29, 1.82) is 0 Å². The average Bonchev–Trinajstić information content (AvgIpc) is 3.43. The molecule has 0 amide bonds. The van der Waals surface area contributed by atoms with Gasteiger partial charge in [0.15, 0.2) is 0 Å². The zero-order valence-corrected chi connectivity index (χ0v) is 22.7. The molecule has 4 aromatic rings. The van der Waals surface area contributed by atoms with Crippen molar-refractivity contribution in [2.24, 2.45) is 4.99 Å². The molecule has 1 saturated heterocycles. The Morgan fingerprint density at radius 3 is 2.70 bits per heavy atom. The number of rotatable bonds is 5. The van der Waals surface area contributed by atoms with Crippen molar-refractivity contribution >= 4 is 17.3 Å². The number of nitrogens with zero attached hydrogens (tertiary/aromatic N) is 4. The number of halogens is 1. The number of nitrogens with one attached hydrogen (secondary N) is 1. The first-order valence-electron chi connectivity index (χ1n) is 13.5. The Bertz CT molecular complexity index is 1640. The molecule has 200 valence electrons. The summed E-state index contributed by atoms with van der Waals surface area (Å²) in [6, 6.07) is 18.8. The molecule has 1 N–H and O–H groups in total. The molecule has 0 bridgehead atoms. The molecule has 3 heterocycles. The maximum Gasteiger partial charge on any atom is 0.227 e. The number of benzene rings is 3. The highest BCUT2D eigenvalue weighted by Crippen LogP contribution is 2.34. The predicted octanol–water partition coefficient (Wildman–Crippen LogP) is 6.14. The highest BCUT2D eigenvalue weighted by Gasteiger charge is 2.24. The fourth-order valence-corrected chi connectivity index (χ4v) is 5.26. The molecule has 2 aliphatic heterocycles. The molecule has 6 nitrogen and oxygen atoms in total. The molecule has 0 saturated carbocycles. The van der Waals surface area contributed by atoms with Crippen molar-refractivity contribution in [1.82, 2.24) is 14.9 Å². The molecule has 1 aromatic heterocycles. The SMILES string of the molecule is COc1cccc(Nc2ncc3c(n2)-c2ccc(C#CCN4CCCC4)cc2C(c2c(C)cccc2F)=NC3)c1. The van der Waals surface area contributed by atoms with Gasteiger partial charge in [-0.15, -0.1) is 0 Å². The van der Waals surface area contributed by atoms with Gasteiger partial charge in [-0.25, -0.2) is 14.4 Å². The summed E-state index contributed by atoms with van der Waals surface area (Å²) in [4.78, 5) is 16.8. The van der Waals surface area contributed by atoms with Gasteiger partial charge in [0.05, 0.1) is 31.6 Å². The van der Waals surface area contributed by atoms with Crippen LogP contribution in [-0.4, -0.2) is 47.3 Å². The molecular weight excluding hydrogens is 501 g/mol. The van der Waals surface area contributed by atoms with Gasteiger partial charge in [0, 0.05) is 45.8 Å².